The third-order valence-corrected chi connectivity index (χ3v) is 5.14. The lowest BCUT2D eigenvalue weighted by molar-refractivity contribution is -0.133. The first-order valence-corrected chi connectivity index (χ1v) is 8.29. The molecule has 0 aromatic heterocycles. The average molecular weight is 344 g/mol. The number of nitrogens with zero attached hydrogens (tertiary/aromatic N) is 1. The van der Waals surface area contributed by atoms with Gasteiger partial charge in [0, 0.05) is 34.1 Å². The molecule has 0 aliphatic carbocycles. The van der Waals surface area contributed by atoms with Gasteiger partial charge >= 0.3 is 0 Å². The van der Waals surface area contributed by atoms with Gasteiger partial charge < -0.3 is 4.90 Å². The van der Waals surface area contributed by atoms with E-state index < -0.39 is 0 Å². The van der Waals surface area contributed by atoms with E-state index in [1.807, 2.05) is 31.0 Å². The number of hydrogen-bond acceptors (Lipinski definition) is 2. The number of rotatable bonds is 6. The number of halogens is 1. The van der Waals surface area contributed by atoms with Crippen LogP contribution < -0.4 is 0 Å². The number of benzene rings is 1. The van der Waals surface area contributed by atoms with E-state index in [1.54, 1.807) is 11.8 Å². The van der Waals surface area contributed by atoms with Crippen LogP contribution in [-0.2, 0) is 4.79 Å². The Morgan fingerprint density at radius 1 is 1.32 bits per heavy atom. The number of carbonyl (C=O) groups is 1. The van der Waals surface area contributed by atoms with Crippen LogP contribution in [0, 0.1) is 0 Å². The van der Waals surface area contributed by atoms with Crippen LogP contribution >= 0.6 is 27.7 Å². The quantitative estimate of drug-likeness (QED) is 0.704. The highest BCUT2D eigenvalue weighted by molar-refractivity contribution is 9.10. The Morgan fingerprint density at radius 3 is 2.42 bits per heavy atom. The molecule has 0 bridgehead atoms. The predicted molar refractivity (Wildman–Crippen MR) is 86.6 cm³/mol. The zero-order valence-electron chi connectivity index (χ0n) is 12.1. The van der Waals surface area contributed by atoms with Crippen molar-refractivity contribution in [2.24, 2.45) is 0 Å². The molecule has 1 aromatic rings. The lowest BCUT2D eigenvalue weighted by Gasteiger charge is -2.35. The van der Waals surface area contributed by atoms with Crippen LogP contribution in [0.2, 0.25) is 0 Å². The summed E-state index contributed by atoms with van der Waals surface area (Å²) in [5.41, 5.74) is -0.135. The number of thioether (sulfide) groups is 1. The van der Waals surface area contributed by atoms with Crippen LogP contribution in [0.5, 0.6) is 0 Å². The maximum absolute atomic E-state index is 12.0. The highest BCUT2D eigenvalue weighted by Crippen LogP contribution is 2.27. The Labute approximate surface area is 129 Å². The van der Waals surface area contributed by atoms with Crippen molar-refractivity contribution in [3.8, 4) is 0 Å². The summed E-state index contributed by atoms with van der Waals surface area (Å²) in [7, 11) is 1.90. The lowest BCUT2D eigenvalue weighted by Crippen LogP contribution is -2.46. The maximum atomic E-state index is 12.0. The number of hydrogen-bond donors (Lipinski definition) is 0. The molecule has 0 heterocycles. The first-order valence-electron chi connectivity index (χ1n) is 6.52. The van der Waals surface area contributed by atoms with Crippen molar-refractivity contribution >= 4 is 33.6 Å². The monoisotopic (exact) mass is 343 g/mol. The van der Waals surface area contributed by atoms with Gasteiger partial charge in [0.2, 0.25) is 5.91 Å². The molecular weight excluding hydrogens is 322 g/mol. The molecule has 1 amide bonds. The van der Waals surface area contributed by atoms with Crippen molar-refractivity contribution in [3.63, 3.8) is 0 Å². The summed E-state index contributed by atoms with van der Waals surface area (Å²) < 4.78 is 1.09. The molecule has 19 heavy (non-hydrogen) atoms. The van der Waals surface area contributed by atoms with Crippen LogP contribution in [0.25, 0.3) is 0 Å². The molecule has 0 saturated carbocycles. The molecule has 0 radical (unpaired) electrons. The van der Waals surface area contributed by atoms with Crippen molar-refractivity contribution in [1.29, 1.82) is 0 Å². The van der Waals surface area contributed by atoms with Crippen LogP contribution in [0.3, 0.4) is 0 Å². The zero-order chi connectivity index (χ0) is 14.5. The maximum Gasteiger partial charge on any atom is 0.222 e. The van der Waals surface area contributed by atoms with Gasteiger partial charge in [-0.25, -0.2) is 0 Å². The van der Waals surface area contributed by atoms with Crippen LogP contribution in [0.1, 0.15) is 33.6 Å². The Bertz CT molecular complexity index is 417. The molecule has 4 heteroatoms. The summed E-state index contributed by atoms with van der Waals surface area (Å²) >= 11 is 5.22. The molecule has 2 nitrogen and oxygen atoms in total. The van der Waals surface area contributed by atoms with E-state index in [0.717, 1.165) is 16.6 Å². The van der Waals surface area contributed by atoms with Crippen LogP contribution in [0.15, 0.2) is 33.6 Å². The minimum atomic E-state index is -0.135. The predicted octanol–water partition coefficient (Wildman–Crippen LogP) is 4.58. The summed E-state index contributed by atoms with van der Waals surface area (Å²) in [6.45, 7) is 6.27. The smallest absolute Gasteiger partial charge is 0.222 e. The van der Waals surface area contributed by atoms with Gasteiger partial charge in [0.15, 0.2) is 0 Å². The highest BCUT2D eigenvalue weighted by atomic mass is 79.9. The Balaban J connectivity index is 2.58. The molecule has 0 spiro atoms. The topological polar surface area (TPSA) is 20.3 Å². The minimum absolute atomic E-state index is 0.135. The Morgan fingerprint density at radius 2 is 1.89 bits per heavy atom. The Kier molecular flexibility index (Phi) is 6.40. The Hall–Kier alpha value is -0.480. The van der Waals surface area contributed by atoms with E-state index in [2.05, 4.69) is 41.9 Å². The third-order valence-electron chi connectivity index (χ3n) is 3.15. The van der Waals surface area contributed by atoms with Gasteiger partial charge in [-0.2, -0.15) is 0 Å². The van der Waals surface area contributed by atoms with Crippen LogP contribution in [-0.4, -0.2) is 29.1 Å². The fourth-order valence-corrected chi connectivity index (χ4v) is 2.91. The largest absolute Gasteiger partial charge is 0.340 e. The van der Waals surface area contributed by atoms with Gasteiger partial charge in [-0.3, -0.25) is 4.79 Å². The van der Waals surface area contributed by atoms with Crippen molar-refractivity contribution in [2.75, 3.05) is 12.8 Å². The van der Waals surface area contributed by atoms with E-state index in [9.17, 15) is 4.79 Å². The normalized spacial score (nSPS) is 11.4. The second-order valence-corrected chi connectivity index (χ2v) is 7.22. The molecular formula is C15H22BrNOS. The molecule has 0 aliphatic heterocycles. The van der Waals surface area contributed by atoms with Gasteiger partial charge in [-0.1, -0.05) is 22.9 Å². The standard InChI is InChI=1S/C15H22BrNOS/c1-5-6-14(18)17(4)15(2,3)11-19-13-9-7-12(16)8-10-13/h7-10H,5-6,11H2,1-4H3. The second-order valence-electron chi connectivity index (χ2n) is 5.26. The summed E-state index contributed by atoms with van der Waals surface area (Å²) in [6, 6.07) is 8.28. The van der Waals surface area contributed by atoms with Crippen LogP contribution in [0.4, 0.5) is 0 Å². The molecule has 1 aromatic carbocycles. The van der Waals surface area contributed by atoms with E-state index in [4.69, 9.17) is 0 Å². The van der Waals surface area contributed by atoms with Gasteiger partial charge in [-0.15, -0.1) is 11.8 Å². The molecule has 0 saturated heterocycles. The molecule has 0 aliphatic rings. The first-order chi connectivity index (χ1) is 8.86. The third kappa shape index (κ3) is 5.19. The number of amides is 1. The summed E-state index contributed by atoms with van der Waals surface area (Å²) in [4.78, 5) is 15.1. The van der Waals surface area contributed by atoms with Gasteiger partial charge in [-0.05, 0) is 44.5 Å². The van der Waals surface area contributed by atoms with E-state index in [-0.39, 0.29) is 11.4 Å². The second kappa shape index (κ2) is 7.34. The average Bonchev–Trinajstić information content (AvgIpc) is 2.37. The van der Waals surface area contributed by atoms with E-state index in [1.165, 1.54) is 4.90 Å². The number of carbonyl (C=O) groups excluding carboxylic acids is 1. The van der Waals surface area contributed by atoms with Gasteiger partial charge in [0.25, 0.3) is 0 Å². The SMILES string of the molecule is CCCC(=O)N(C)C(C)(C)CSc1ccc(Br)cc1. The highest BCUT2D eigenvalue weighted by Gasteiger charge is 2.27. The summed E-state index contributed by atoms with van der Waals surface area (Å²) in [5, 5.41) is 0. The lowest BCUT2D eigenvalue weighted by atomic mass is 10.1. The fourth-order valence-electron chi connectivity index (χ4n) is 1.61. The van der Waals surface area contributed by atoms with Gasteiger partial charge in [0.1, 0.15) is 0 Å². The summed E-state index contributed by atoms with van der Waals surface area (Å²) in [6.07, 6.45) is 1.53. The van der Waals surface area contributed by atoms with Crippen molar-refractivity contribution < 1.29 is 4.79 Å². The molecule has 0 fully saturated rings. The molecule has 0 atom stereocenters. The van der Waals surface area contributed by atoms with E-state index >= 15 is 0 Å². The fraction of sp³-hybridized carbons (Fsp3) is 0.533. The minimum Gasteiger partial charge on any atom is -0.340 e. The van der Waals surface area contributed by atoms with E-state index in [0.29, 0.717) is 6.42 Å². The van der Waals surface area contributed by atoms with Crippen molar-refractivity contribution in [1.82, 2.24) is 4.90 Å². The summed E-state index contributed by atoms with van der Waals surface area (Å²) in [5.74, 6) is 1.12. The zero-order valence-corrected chi connectivity index (χ0v) is 14.5. The van der Waals surface area contributed by atoms with Crippen molar-refractivity contribution in [3.05, 3.63) is 28.7 Å². The first kappa shape index (κ1) is 16.6. The molecule has 0 N–H and O–H groups in total. The van der Waals surface area contributed by atoms with Gasteiger partial charge in [0.05, 0.1) is 0 Å². The molecule has 106 valence electrons. The van der Waals surface area contributed by atoms with Crippen molar-refractivity contribution in [2.45, 2.75) is 44.0 Å². The molecule has 1 rings (SSSR count). The molecule has 0 unspecified atom stereocenters.